The molecule has 5 nitrogen and oxygen atoms in total. The number of carbonyl (C=O) groups excluding carboxylic acids is 1. The zero-order valence-electron chi connectivity index (χ0n) is 17.1. The van der Waals surface area contributed by atoms with Crippen molar-refractivity contribution in [1.82, 2.24) is 0 Å². The molecule has 0 unspecified atom stereocenters. The number of benzene rings is 3. The summed E-state index contributed by atoms with van der Waals surface area (Å²) in [4.78, 5) is 26.5. The number of halogens is 2. The van der Waals surface area contributed by atoms with E-state index in [1.807, 2.05) is 12.1 Å². The molecule has 3 aromatic carbocycles. The standard InChI is InChI=1S/C24H17Cl2NO4S/c1-30-18-10-7-13(11-19(18)31-2)21-22(28)16-5-3-4-6-20(16)32-24(21)27-23(29)15-9-8-14(25)12-17(15)26/h3-12H,1-2H3,(H,27,29). The lowest BCUT2D eigenvalue weighted by molar-refractivity contribution is 0.102. The summed E-state index contributed by atoms with van der Waals surface area (Å²) in [6.07, 6.45) is 0. The minimum absolute atomic E-state index is 0.205. The summed E-state index contributed by atoms with van der Waals surface area (Å²) in [6.45, 7) is 0. The number of rotatable bonds is 5. The van der Waals surface area contributed by atoms with Crippen LogP contribution in [0.1, 0.15) is 10.4 Å². The van der Waals surface area contributed by atoms with Gasteiger partial charge in [-0.05, 0) is 48.0 Å². The van der Waals surface area contributed by atoms with Crippen molar-refractivity contribution in [2.24, 2.45) is 0 Å². The minimum atomic E-state index is -0.445. The molecule has 0 fully saturated rings. The maximum Gasteiger partial charge on any atom is 0.257 e. The van der Waals surface area contributed by atoms with Crippen LogP contribution < -0.4 is 20.2 Å². The van der Waals surface area contributed by atoms with Crippen LogP contribution >= 0.6 is 34.5 Å². The van der Waals surface area contributed by atoms with E-state index in [1.54, 1.807) is 42.5 Å². The van der Waals surface area contributed by atoms with E-state index in [9.17, 15) is 9.59 Å². The molecule has 1 aromatic heterocycles. The summed E-state index contributed by atoms with van der Waals surface area (Å²) in [5.74, 6) is 0.562. The van der Waals surface area contributed by atoms with Gasteiger partial charge in [0.1, 0.15) is 5.00 Å². The van der Waals surface area contributed by atoms with Crippen LogP contribution in [0.25, 0.3) is 21.2 Å². The van der Waals surface area contributed by atoms with Gasteiger partial charge >= 0.3 is 0 Å². The van der Waals surface area contributed by atoms with Crippen LogP contribution in [0.4, 0.5) is 5.00 Å². The Balaban J connectivity index is 1.90. The van der Waals surface area contributed by atoms with E-state index in [0.29, 0.717) is 38.0 Å². The highest BCUT2D eigenvalue weighted by Crippen LogP contribution is 2.38. The molecular weight excluding hydrogens is 469 g/mol. The highest BCUT2D eigenvalue weighted by molar-refractivity contribution is 7.22. The van der Waals surface area contributed by atoms with Gasteiger partial charge in [-0.2, -0.15) is 0 Å². The molecule has 1 amide bonds. The molecule has 0 atom stereocenters. The number of methoxy groups -OCH3 is 2. The van der Waals surface area contributed by atoms with Gasteiger partial charge in [0.15, 0.2) is 16.9 Å². The summed E-state index contributed by atoms with van der Waals surface area (Å²) in [5.41, 5.74) is 0.992. The van der Waals surface area contributed by atoms with Crippen LogP contribution in [-0.2, 0) is 0 Å². The Hall–Kier alpha value is -3.06. The fraction of sp³-hybridized carbons (Fsp3) is 0.0833. The van der Waals surface area contributed by atoms with Crippen LogP contribution in [0.3, 0.4) is 0 Å². The number of anilines is 1. The van der Waals surface area contributed by atoms with Gasteiger partial charge in [-0.1, -0.05) is 41.4 Å². The first kappa shape index (κ1) is 22.1. The van der Waals surface area contributed by atoms with Crippen LogP contribution in [0.5, 0.6) is 11.5 Å². The van der Waals surface area contributed by atoms with E-state index in [0.717, 1.165) is 4.70 Å². The van der Waals surface area contributed by atoms with Crippen molar-refractivity contribution in [1.29, 1.82) is 0 Å². The molecule has 4 rings (SSSR count). The summed E-state index contributed by atoms with van der Waals surface area (Å²) in [7, 11) is 3.06. The van der Waals surface area contributed by atoms with E-state index in [-0.39, 0.29) is 16.0 Å². The van der Waals surface area contributed by atoms with Crippen molar-refractivity contribution >= 4 is 55.5 Å². The number of ether oxygens (including phenoxy) is 2. The lowest BCUT2D eigenvalue weighted by Gasteiger charge is -2.14. The first-order valence-electron chi connectivity index (χ1n) is 9.47. The number of fused-ring (bicyclic) bond motifs is 1. The largest absolute Gasteiger partial charge is 0.493 e. The third-order valence-electron chi connectivity index (χ3n) is 4.87. The van der Waals surface area contributed by atoms with E-state index in [1.165, 1.54) is 31.6 Å². The molecule has 0 saturated carbocycles. The molecule has 0 aliphatic heterocycles. The van der Waals surface area contributed by atoms with E-state index >= 15 is 0 Å². The van der Waals surface area contributed by atoms with Gasteiger partial charge in [0.05, 0.1) is 30.4 Å². The Kier molecular flexibility index (Phi) is 6.37. The zero-order chi connectivity index (χ0) is 22.8. The number of nitrogens with one attached hydrogen (secondary N) is 1. The third-order valence-corrected chi connectivity index (χ3v) is 6.51. The molecule has 1 N–H and O–H groups in total. The zero-order valence-corrected chi connectivity index (χ0v) is 19.4. The van der Waals surface area contributed by atoms with Crippen molar-refractivity contribution < 1.29 is 14.3 Å². The summed E-state index contributed by atoms with van der Waals surface area (Å²) >= 11 is 13.5. The van der Waals surface area contributed by atoms with Gasteiger partial charge in [-0.25, -0.2) is 0 Å². The number of carbonyl (C=O) groups is 1. The highest BCUT2D eigenvalue weighted by Gasteiger charge is 2.20. The average molecular weight is 486 g/mol. The summed E-state index contributed by atoms with van der Waals surface area (Å²) in [6, 6.07) is 17.1. The Labute approximate surface area is 198 Å². The van der Waals surface area contributed by atoms with Gasteiger partial charge in [0.25, 0.3) is 5.91 Å². The predicted molar refractivity (Wildman–Crippen MR) is 131 cm³/mol. The maximum absolute atomic E-state index is 13.5. The summed E-state index contributed by atoms with van der Waals surface area (Å²) < 4.78 is 11.5. The SMILES string of the molecule is COc1ccc(-c2c(NC(=O)c3ccc(Cl)cc3Cl)sc3ccccc3c2=O)cc1OC. The molecular formula is C24H17Cl2NO4S. The highest BCUT2D eigenvalue weighted by atomic mass is 35.5. The lowest BCUT2D eigenvalue weighted by Crippen LogP contribution is -2.16. The number of amides is 1. The van der Waals surface area contributed by atoms with Gasteiger partial charge in [-0.3, -0.25) is 9.59 Å². The molecule has 32 heavy (non-hydrogen) atoms. The smallest absolute Gasteiger partial charge is 0.257 e. The van der Waals surface area contributed by atoms with Crippen molar-refractivity contribution in [3.63, 3.8) is 0 Å². The van der Waals surface area contributed by atoms with Crippen molar-refractivity contribution in [3.05, 3.63) is 86.5 Å². The molecule has 1 heterocycles. The quantitative estimate of drug-likeness (QED) is 0.350. The first-order valence-corrected chi connectivity index (χ1v) is 11.0. The van der Waals surface area contributed by atoms with Crippen LogP contribution in [0.15, 0.2) is 65.5 Å². The molecule has 162 valence electrons. The van der Waals surface area contributed by atoms with Crippen LogP contribution in [0.2, 0.25) is 10.0 Å². The van der Waals surface area contributed by atoms with Gasteiger partial charge in [0.2, 0.25) is 0 Å². The second-order valence-electron chi connectivity index (χ2n) is 6.78. The average Bonchev–Trinajstić information content (AvgIpc) is 2.78. The van der Waals surface area contributed by atoms with Crippen molar-refractivity contribution in [2.45, 2.75) is 0 Å². The Bertz CT molecular complexity index is 1400. The van der Waals surface area contributed by atoms with Crippen molar-refractivity contribution in [3.8, 4) is 22.6 Å². The van der Waals surface area contributed by atoms with Gasteiger partial charge < -0.3 is 14.8 Å². The molecule has 4 aromatic rings. The molecule has 0 radical (unpaired) electrons. The number of hydrogen-bond acceptors (Lipinski definition) is 5. The fourth-order valence-electron chi connectivity index (χ4n) is 3.33. The fourth-order valence-corrected chi connectivity index (χ4v) is 4.92. The Morgan fingerprint density at radius 1 is 0.938 bits per heavy atom. The molecule has 0 aliphatic carbocycles. The first-order chi connectivity index (χ1) is 15.4. The normalized spacial score (nSPS) is 10.8. The Morgan fingerprint density at radius 2 is 1.69 bits per heavy atom. The molecule has 0 saturated heterocycles. The molecule has 0 aliphatic rings. The van der Waals surface area contributed by atoms with Gasteiger partial charge in [0, 0.05) is 15.1 Å². The second-order valence-corrected chi connectivity index (χ2v) is 8.68. The van der Waals surface area contributed by atoms with Crippen LogP contribution in [0, 0.1) is 0 Å². The van der Waals surface area contributed by atoms with Crippen molar-refractivity contribution in [2.75, 3.05) is 19.5 Å². The topological polar surface area (TPSA) is 64.6 Å². The number of hydrogen-bond donors (Lipinski definition) is 1. The molecule has 8 heteroatoms. The molecule has 0 spiro atoms. The van der Waals surface area contributed by atoms with E-state index in [4.69, 9.17) is 32.7 Å². The van der Waals surface area contributed by atoms with E-state index < -0.39 is 5.91 Å². The monoisotopic (exact) mass is 485 g/mol. The van der Waals surface area contributed by atoms with Crippen LogP contribution in [-0.4, -0.2) is 20.1 Å². The lowest BCUT2D eigenvalue weighted by atomic mass is 10.0. The third kappa shape index (κ3) is 4.17. The Morgan fingerprint density at radius 3 is 2.41 bits per heavy atom. The van der Waals surface area contributed by atoms with E-state index in [2.05, 4.69) is 5.32 Å². The minimum Gasteiger partial charge on any atom is -0.493 e. The maximum atomic E-state index is 13.5. The predicted octanol–water partition coefficient (Wildman–Crippen LogP) is 6.50. The molecule has 0 bridgehead atoms. The van der Waals surface area contributed by atoms with Gasteiger partial charge in [-0.15, -0.1) is 11.3 Å². The summed E-state index contributed by atoms with van der Waals surface area (Å²) in [5, 5.41) is 4.47. The second kappa shape index (κ2) is 9.20.